The van der Waals surface area contributed by atoms with Crippen LogP contribution in [0.15, 0.2) is 63.9 Å². The zero-order valence-electron chi connectivity index (χ0n) is 39.7. The number of nitrogens with one attached hydrogen (secondary N) is 6. The summed E-state index contributed by atoms with van der Waals surface area (Å²) in [5.74, 6) is -5.21. The molecule has 0 saturated carbocycles. The standard InChI is InChI=1S/C48H65N9O11S/c1-27(2)42(46(64)53-36(17-20-69-5)44(62)54-37(26-58)47(65)57-19-10-14-38(57)48(66)67)55-45(63)35(52-43(61)33(49)21-29-25-51-34-12-7-6-11-31(29)34)13-8-9-18-50-40(59)22-28-23-41(60)68-39-24-30(56(3)4)15-16-32(28)39/h6-7,11-12,15-16,23-25,27,33,35-38,42,51,58H,8-10,13-14,17-22,26,49H2,1-5H3,(H,50,59)(H,52,61)(H,53,64)(H,54,62)(H,55,63)(H,66,67)/t33-,35-,36-,37-,38-,42-/m0/s1. The smallest absolute Gasteiger partial charge is 0.336 e. The van der Waals surface area contributed by atoms with Crippen LogP contribution in [0.2, 0.25) is 0 Å². The first-order valence-corrected chi connectivity index (χ1v) is 24.5. The number of aliphatic hydroxyl groups is 1. The molecule has 0 bridgehead atoms. The van der Waals surface area contributed by atoms with Gasteiger partial charge in [0.1, 0.15) is 35.8 Å². The highest BCUT2D eigenvalue weighted by atomic mass is 32.2. The fourth-order valence-corrected chi connectivity index (χ4v) is 8.73. The number of aromatic amines is 1. The van der Waals surface area contributed by atoms with Gasteiger partial charge in [0.15, 0.2) is 0 Å². The van der Waals surface area contributed by atoms with E-state index in [1.165, 1.54) is 17.8 Å². The number of aliphatic carboxylic acids is 1. The van der Waals surface area contributed by atoms with E-state index in [9.17, 15) is 48.6 Å². The van der Waals surface area contributed by atoms with Gasteiger partial charge in [-0.15, -0.1) is 0 Å². The SMILES string of the molecule is CSCC[C@H](NC(=O)[C@@H](NC(=O)[C@H](CCCCNC(=O)Cc1cc(=O)oc2cc(N(C)C)ccc12)NC(=O)[C@@H](N)Cc1c[nH]c2ccccc12)C(C)C)C(=O)N[C@@H](CO)C(=O)N1CCC[C@H]1C(=O)O. The Morgan fingerprint density at radius 1 is 0.884 bits per heavy atom. The maximum absolute atomic E-state index is 14.2. The molecule has 69 heavy (non-hydrogen) atoms. The molecule has 2 aromatic heterocycles. The molecule has 0 radical (unpaired) electrons. The number of thioether (sulfide) groups is 1. The van der Waals surface area contributed by atoms with Crippen molar-refractivity contribution in [2.24, 2.45) is 11.7 Å². The number of hydrogen-bond donors (Lipinski definition) is 9. The topological polar surface area (TPSA) is 299 Å². The van der Waals surface area contributed by atoms with Gasteiger partial charge in [-0.25, -0.2) is 9.59 Å². The van der Waals surface area contributed by atoms with Crippen molar-refractivity contribution in [3.05, 3.63) is 76.3 Å². The van der Waals surface area contributed by atoms with E-state index in [1.54, 1.807) is 38.4 Å². The van der Waals surface area contributed by atoms with E-state index in [2.05, 4.69) is 31.6 Å². The summed E-state index contributed by atoms with van der Waals surface area (Å²) in [4.78, 5) is 112. The fraction of sp³-hybridized carbons (Fsp3) is 0.500. The molecule has 0 spiro atoms. The number of aromatic nitrogens is 1. The van der Waals surface area contributed by atoms with Gasteiger partial charge in [-0.3, -0.25) is 28.8 Å². The maximum atomic E-state index is 14.2. The normalized spacial score (nSPS) is 15.8. The number of carboxylic acids is 1. The lowest BCUT2D eigenvalue weighted by Crippen LogP contribution is -2.60. The Morgan fingerprint density at radius 3 is 2.28 bits per heavy atom. The number of benzene rings is 2. The summed E-state index contributed by atoms with van der Waals surface area (Å²) in [6, 6.07) is 7.03. The van der Waals surface area contributed by atoms with E-state index in [0.29, 0.717) is 41.5 Å². The van der Waals surface area contributed by atoms with E-state index < -0.39 is 89.9 Å². The molecule has 2 aromatic carbocycles. The van der Waals surface area contributed by atoms with E-state index in [4.69, 9.17) is 10.2 Å². The number of carbonyl (C=O) groups excluding carboxylic acids is 6. The highest BCUT2D eigenvalue weighted by Crippen LogP contribution is 2.24. The second-order valence-corrected chi connectivity index (χ2v) is 18.7. The second kappa shape index (κ2) is 25.2. The van der Waals surface area contributed by atoms with Crippen molar-refractivity contribution >= 4 is 80.7 Å². The number of carbonyl (C=O) groups is 7. The van der Waals surface area contributed by atoms with Crippen LogP contribution in [-0.4, -0.2) is 144 Å². The Kier molecular flexibility index (Phi) is 19.6. The number of fused-ring (bicyclic) bond motifs is 2. The number of nitrogens with two attached hydrogens (primary N) is 1. The monoisotopic (exact) mass is 975 g/mol. The van der Waals surface area contributed by atoms with Gasteiger partial charge in [-0.05, 0) is 92.2 Å². The fourth-order valence-electron chi connectivity index (χ4n) is 8.26. The zero-order valence-corrected chi connectivity index (χ0v) is 40.5. The Hall–Kier alpha value is -6.45. The minimum Gasteiger partial charge on any atom is -0.480 e. The molecule has 20 nitrogen and oxygen atoms in total. The molecule has 0 unspecified atom stereocenters. The average molecular weight is 976 g/mol. The highest BCUT2D eigenvalue weighted by molar-refractivity contribution is 7.98. The molecule has 6 amide bonds. The minimum atomic E-state index is -1.46. The van der Waals surface area contributed by atoms with Crippen molar-refractivity contribution in [2.75, 3.05) is 50.7 Å². The van der Waals surface area contributed by atoms with Crippen LogP contribution >= 0.6 is 11.8 Å². The van der Waals surface area contributed by atoms with Gasteiger partial charge >= 0.3 is 11.6 Å². The maximum Gasteiger partial charge on any atom is 0.336 e. The molecule has 3 heterocycles. The quantitative estimate of drug-likeness (QED) is 0.0333. The summed E-state index contributed by atoms with van der Waals surface area (Å²) in [7, 11) is 3.72. The van der Waals surface area contributed by atoms with Crippen molar-refractivity contribution in [2.45, 2.75) is 101 Å². The van der Waals surface area contributed by atoms with E-state index in [1.807, 2.05) is 49.3 Å². The Labute approximate surface area is 404 Å². The summed E-state index contributed by atoms with van der Waals surface area (Å²) in [5.41, 5.74) is 9.21. The van der Waals surface area contributed by atoms with Gasteiger partial charge in [0, 0.05) is 67.5 Å². The van der Waals surface area contributed by atoms with Gasteiger partial charge in [0.25, 0.3) is 0 Å². The summed E-state index contributed by atoms with van der Waals surface area (Å²) >= 11 is 1.40. The van der Waals surface area contributed by atoms with Crippen LogP contribution in [0.25, 0.3) is 21.9 Å². The van der Waals surface area contributed by atoms with Gasteiger partial charge < -0.3 is 61.7 Å². The van der Waals surface area contributed by atoms with E-state index in [-0.39, 0.29) is 51.1 Å². The van der Waals surface area contributed by atoms with Crippen molar-refractivity contribution in [3.63, 3.8) is 0 Å². The van der Waals surface area contributed by atoms with Crippen molar-refractivity contribution in [1.82, 2.24) is 36.5 Å². The highest BCUT2D eigenvalue weighted by Gasteiger charge is 2.39. The molecular weight excluding hydrogens is 911 g/mol. The lowest BCUT2D eigenvalue weighted by atomic mass is 10.0. The third kappa shape index (κ3) is 14.5. The summed E-state index contributed by atoms with van der Waals surface area (Å²) in [5, 5.41) is 34.8. The lowest BCUT2D eigenvalue weighted by molar-refractivity contribution is -0.150. The van der Waals surface area contributed by atoms with Crippen LogP contribution in [-0.2, 0) is 46.4 Å². The third-order valence-electron chi connectivity index (χ3n) is 12.1. The van der Waals surface area contributed by atoms with Crippen molar-refractivity contribution in [1.29, 1.82) is 0 Å². The molecule has 6 atom stereocenters. The molecule has 10 N–H and O–H groups in total. The largest absolute Gasteiger partial charge is 0.480 e. The molecule has 5 rings (SSSR count). The van der Waals surface area contributed by atoms with Crippen LogP contribution < -0.4 is 42.8 Å². The summed E-state index contributed by atoms with van der Waals surface area (Å²) in [6.07, 6.45) is 5.26. The zero-order chi connectivity index (χ0) is 50.4. The van der Waals surface area contributed by atoms with Crippen LogP contribution in [0, 0.1) is 5.92 Å². The van der Waals surface area contributed by atoms with Crippen LogP contribution in [0.4, 0.5) is 5.69 Å². The number of anilines is 1. The molecule has 0 aliphatic carbocycles. The number of rotatable bonds is 25. The van der Waals surface area contributed by atoms with Crippen molar-refractivity contribution < 1.29 is 48.2 Å². The first-order valence-electron chi connectivity index (χ1n) is 23.1. The van der Waals surface area contributed by atoms with Crippen LogP contribution in [0.3, 0.4) is 0 Å². The van der Waals surface area contributed by atoms with Gasteiger partial charge in [0.05, 0.1) is 19.1 Å². The number of likely N-dealkylation sites (tertiary alicyclic amines) is 1. The first kappa shape index (κ1) is 53.5. The van der Waals surface area contributed by atoms with Gasteiger partial charge in [-0.1, -0.05) is 32.0 Å². The number of nitrogens with zero attached hydrogens (tertiary/aromatic N) is 2. The second-order valence-electron chi connectivity index (χ2n) is 17.8. The molecule has 1 saturated heterocycles. The number of carboxylic acid groups (broad SMARTS) is 1. The lowest BCUT2D eigenvalue weighted by Gasteiger charge is -2.29. The van der Waals surface area contributed by atoms with E-state index in [0.717, 1.165) is 27.1 Å². The number of amides is 6. The number of H-pyrrole nitrogens is 1. The van der Waals surface area contributed by atoms with Gasteiger partial charge in [0.2, 0.25) is 35.4 Å². The van der Waals surface area contributed by atoms with Crippen LogP contribution in [0.5, 0.6) is 0 Å². The predicted octanol–water partition coefficient (Wildman–Crippen LogP) is 1.16. The number of para-hydroxylation sites is 1. The first-order chi connectivity index (χ1) is 32.9. The Bertz CT molecular complexity index is 2530. The van der Waals surface area contributed by atoms with Gasteiger partial charge in [-0.2, -0.15) is 11.8 Å². The number of aliphatic hydroxyl groups excluding tert-OH is 1. The molecule has 21 heteroatoms. The molecule has 4 aromatic rings. The average Bonchev–Trinajstić information content (AvgIpc) is 3.98. The number of unbranched alkanes of at least 4 members (excludes halogenated alkanes) is 1. The Balaban J connectivity index is 1.25. The molecule has 1 aliphatic heterocycles. The summed E-state index contributed by atoms with van der Waals surface area (Å²) < 4.78 is 5.39. The molecule has 374 valence electrons. The molecule has 1 fully saturated rings. The summed E-state index contributed by atoms with van der Waals surface area (Å²) in [6.45, 7) is 2.93. The van der Waals surface area contributed by atoms with Crippen LogP contribution in [0.1, 0.15) is 63.5 Å². The minimum absolute atomic E-state index is 0.0801. The van der Waals surface area contributed by atoms with Crippen molar-refractivity contribution in [3.8, 4) is 0 Å². The van der Waals surface area contributed by atoms with E-state index >= 15 is 0 Å². The molecular formula is C48H65N9O11S. The third-order valence-corrected chi connectivity index (χ3v) is 12.8. The number of hydrogen-bond acceptors (Lipinski definition) is 13. The predicted molar refractivity (Wildman–Crippen MR) is 262 cm³/mol. The molecule has 1 aliphatic rings. The Morgan fingerprint density at radius 2 is 1.58 bits per heavy atom.